The lowest BCUT2D eigenvalue weighted by Gasteiger charge is -2.39. The van der Waals surface area contributed by atoms with Crippen molar-refractivity contribution >= 4 is 40.2 Å². The van der Waals surface area contributed by atoms with E-state index in [-0.39, 0.29) is 24.1 Å². The normalized spacial score (nSPS) is 13.7. The van der Waals surface area contributed by atoms with Crippen LogP contribution in [-0.2, 0) is 11.3 Å². The molecule has 0 aliphatic carbocycles. The van der Waals surface area contributed by atoms with E-state index in [9.17, 15) is 22.8 Å². The second-order valence-electron chi connectivity index (χ2n) is 10.6. The third kappa shape index (κ3) is 8.09. The molecular formula is C30H34F3N5O4S. The molecule has 1 saturated heterocycles. The molecule has 1 aliphatic heterocycles. The molecule has 0 unspecified atom stereocenters. The number of benzene rings is 2. The van der Waals surface area contributed by atoms with Crippen molar-refractivity contribution in [3.63, 3.8) is 0 Å². The first-order valence-electron chi connectivity index (χ1n) is 13.9. The average molecular weight is 618 g/mol. The highest BCUT2D eigenvalue weighted by molar-refractivity contribution is 7.99. The number of hydrogen-bond acceptors (Lipinski definition) is 7. The van der Waals surface area contributed by atoms with Crippen LogP contribution in [0.3, 0.4) is 0 Å². The monoisotopic (exact) mass is 617 g/mol. The Morgan fingerprint density at radius 3 is 2.42 bits per heavy atom. The highest BCUT2D eigenvalue weighted by Gasteiger charge is 2.34. The standard InChI is InChI=1S/C28H28F3N5O4S.C2H6/c1-27(2,3)40-26(38)35-14-17(15-35)16-41-25-33-21-10-6-4-8-19(21)22-12-18(34-36(22)25)13-32-24(37)20-9-5-7-11-23(20)39-28(29,30)31;1-2/h4-12,17H,13-16H2,1-3H3,(H,32,37);1-2H3. The van der Waals surface area contributed by atoms with Gasteiger partial charge in [0.05, 0.1) is 28.8 Å². The first-order chi connectivity index (χ1) is 20.4. The Morgan fingerprint density at radius 2 is 1.72 bits per heavy atom. The third-order valence-corrected chi connectivity index (χ3v) is 7.34. The molecule has 0 bridgehead atoms. The number of fused-ring (bicyclic) bond motifs is 3. The molecule has 1 fully saturated rings. The lowest BCUT2D eigenvalue weighted by atomic mass is 10.0. The molecule has 0 saturated carbocycles. The molecule has 2 aromatic heterocycles. The molecule has 2 aromatic carbocycles. The fraction of sp³-hybridized carbons (Fsp3) is 0.400. The summed E-state index contributed by atoms with van der Waals surface area (Å²) in [7, 11) is 0. The van der Waals surface area contributed by atoms with E-state index in [0.717, 1.165) is 22.5 Å². The summed E-state index contributed by atoms with van der Waals surface area (Å²) in [6, 6.07) is 14.6. The van der Waals surface area contributed by atoms with E-state index in [1.165, 1.54) is 30.0 Å². The maximum Gasteiger partial charge on any atom is 0.573 e. The molecule has 9 nitrogen and oxygen atoms in total. The van der Waals surface area contributed by atoms with Gasteiger partial charge in [-0.3, -0.25) is 4.79 Å². The van der Waals surface area contributed by atoms with E-state index in [1.54, 1.807) is 9.42 Å². The van der Waals surface area contributed by atoms with Crippen LogP contribution in [0.1, 0.15) is 50.7 Å². The van der Waals surface area contributed by atoms with Crippen molar-refractivity contribution in [2.75, 3.05) is 18.8 Å². The van der Waals surface area contributed by atoms with Crippen molar-refractivity contribution in [3.05, 3.63) is 65.9 Å². The summed E-state index contributed by atoms with van der Waals surface area (Å²) in [4.78, 5) is 31.4. The second-order valence-corrected chi connectivity index (χ2v) is 11.6. The van der Waals surface area contributed by atoms with Gasteiger partial charge in [0.2, 0.25) is 0 Å². The van der Waals surface area contributed by atoms with Gasteiger partial charge in [0.15, 0.2) is 5.16 Å². The zero-order valence-corrected chi connectivity index (χ0v) is 25.4. The Morgan fingerprint density at radius 1 is 1.05 bits per heavy atom. The van der Waals surface area contributed by atoms with Gasteiger partial charge < -0.3 is 19.7 Å². The SMILES string of the molecule is CC.CC(C)(C)OC(=O)N1CC(CSc2nc3ccccc3c3cc(CNC(=O)c4ccccc4OC(F)(F)F)nn23)C1. The lowest BCUT2D eigenvalue weighted by molar-refractivity contribution is -0.274. The number of halogens is 3. The summed E-state index contributed by atoms with van der Waals surface area (Å²) < 4.78 is 49.5. The number of likely N-dealkylation sites (tertiary alicyclic amines) is 1. The van der Waals surface area contributed by atoms with Crippen LogP contribution in [0, 0.1) is 5.92 Å². The number of rotatable bonds is 7. The minimum atomic E-state index is -4.92. The molecule has 1 aliphatic rings. The molecular weight excluding hydrogens is 583 g/mol. The van der Waals surface area contributed by atoms with E-state index in [1.807, 2.05) is 65.0 Å². The van der Waals surface area contributed by atoms with E-state index in [2.05, 4.69) is 15.2 Å². The molecule has 0 radical (unpaired) electrons. The zero-order chi connectivity index (χ0) is 31.4. The van der Waals surface area contributed by atoms with Crippen LogP contribution >= 0.6 is 11.8 Å². The van der Waals surface area contributed by atoms with Gasteiger partial charge >= 0.3 is 12.5 Å². The van der Waals surface area contributed by atoms with Crippen molar-refractivity contribution in [2.45, 2.75) is 58.3 Å². The van der Waals surface area contributed by atoms with Crippen LogP contribution in [0.4, 0.5) is 18.0 Å². The van der Waals surface area contributed by atoms with Crippen molar-refractivity contribution in [1.82, 2.24) is 24.8 Å². The fourth-order valence-corrected chi connectivity index (χ4v) is 5.38. The van der Waals surface area contributed by atoms with E-state index in [0.29, 0.717) is 29.7 Å². The Kier molecular flexibility index (Phi) is 9.73. The summed E-state index contributed by atoms with van der Waals surface area (Å²) in [5.41, 5.74) is 1.28. The number of nitrogens with one attached hydrogen (secondary N) is 1. The van der Waals surface area contributed by atoms with Crippen molar-refractivity contribution in [2.24, 2.45) is 5.92 Å². The second kappa shape index (κ2) is 13.1. The quantitative estimate of drug-likeness (QED) is 0.182. The van der Waals surface area contributed by atoms with Crippen LogP contribution in [0.25, 0.3) is 16.4 Å². The number of carbonyl (C=O) groups is 2. The Balaban J connectivity index is 0.00000207. The Labute approximate surface area is 251 Å². The number of hydrogen-bond donors (Lipinski definition) is 1. The van der Waals surface area contributed by atoms with E-state index in [4.69, 9.17) is 9.72 Å². The smallest absolute Gasteiger partial charge is 0.444 e. The highest BCUT2D eigenvalue weighted by atomic mass is 32.2. The largest absolute Gasteiger partial charge is 0.573 e. The van der Waals surface area contributed by atoms with E-state index >= 15 is 0 Å². The number of aromatic nitrogens is 3. The van der Waals surface area contributed by atoms with Gasteiger partial charge in [-0.2, -0.15) is 5.10 Å². The summed E-state index contributed by atoms with van der Waals surface area (Å²) in [5, 5.41) is 8.78. The highest BCUT2D eigenvalue weighted by Crippen LogP contribution is 2.30. The summed E-state index contributed by atoms with van der Waals surface area (Å²) in [5.74, 6) is -0.326. The fourth-order valence-electron chi connectivity index (χ4n) is 4.36. The predicted octanol–water partition coefficient (Wildman–Crippen LogP) is 6.70. The number of nitrogens with zero attached hydrogens (tertiary/aromatic N) is 4. The van der Waals surface area contributed by atoms with Gasteiger partial charge in [-0.15, -0.1) is 13.2 Å². The van der Waals surface area contributed by atoms with Gasteiger partial charge in [0.25, 0.3) is 5.91 Å². The molecule has 0 atom stereocenters. The first-order valence-corrected chi connectivity index (χ1v) is 14.9. The molecule has 1 N–H and O–H groups in total. The number of para-hydroxylation sites is 2. The topological polar surface area (TPSA) is 98.1 Å². The number of thioether (sulfide) groups is 1. The molecule has 13 heteroatoms. The van der Waals surface area contributed by atoms with Gasteiger partial charge in [-0.1, -0.05) is 55.9 Å². The first kappa shape index (κ1) is 31.9. The van der Waals surface area contributed by atoms with Gasteiger partial charge in [0, 0.05) is 30.1 Å². The lowest BCUT2D eigenvalue weighted by Crippen LogP contribution is -2.52. The minimum absolute atomic E-state index is 0.0211. The van der Waals surface area contributed by atoms with Crippen LogP contribution in [0.2, 0.25) is 0 Å². The molecule has 5 rings (SSSR count). The summed E-state index contributed by atoms with van der Waals surface area (Å²) >= 11 is 1.52. The van der Waals surface area contributed by atoms with Crippen molar-refractivity contribution in [1.29, 1.82) is 0 Å². The molecule has 4 aromatic rings. The van der Waals surface area contributed by atoms with Gasteiger partial charge in [-0.05, 0) is 45.0 Å². The third-order valence-electron chi connectivity index (χ3n) is 6.18. The zero-order valence-electron chi connectivity index (χ0n) is 24.6. The maximum absolute atomic E-state index is 12.8. The number of amides is 2. The van der Waals surface area contributed by atoms with Crippen LogP contribution in [0.15, 0.2) is 59.8 Å². The molecule has 0 spiro atoms. The van der Waals surface area contributed by atoms with Crippen LogP contribution in [-0.4, -0.2) is 62.3 Å². The minimum Gasteiger partial charge on any atom is -0.444 e. The van der Waals surface area contributed by atoms with Crippen molar-refractivity contribution in [3.8, 4) is 5.75 Å². The predicted molar refractivity (Wildman–Crippen MR) is 158 cm³/mol. The Bertz CT molecular complexity index is 1600. The van der Waals surface area contributed by atoms with Crippen molar-refractivity contribution < 1.29 is 32.2 Å². The molecule has 2 amide bonds. The molecule has 3 heterocycles. The van der Waals surface area contributed by atoms with E-state index < -0.39 is 23.6 Å². The van der Waals surface area contributed by atoms with Gasteiger partial charge in [0.1, 0.15) is 11.4 Å². The Hall–Kier alpha value is -4.00. The molecule has 230 valence electrons. The van der Waals surface area contributed by atoms with Crippen LogP contribution in [0.5, 0.6) is 5.75 Å². The average Bonchev–Trinajstić information content (AvgIpc) is 3.35. The summed E-state index contributed by atoms with van der Waals surface area (Å²) in [6.07, 6.45) is -5.25. The number of carbonyl (C=O) groups excluding carboxylic acids is 2. The number of alkyl halides is 3. The molecule has 43 heavy (non-hydrogen) atoms. The number of ether oxygens (including phenoxy) is 2. The van der Waals surface area contributed by atoms with Crippen LogP contribution < -0.4 is 10.1 Å². The summed E-state index contributed by atoms with van der Waals surface area (Å²) in [6.45, 7) is 10.7. The van der Waals surface area contributed by atoms with Gasteiger partial charge in [-0.25, -0.2) is 14.3 Å². The maximum atomic E-state index is 12.8.